The van der Waals surface area contributed by atoms with Crippen molar-refractivity contribution in [2.45, 2.75) is 0 Å². The number of nitrogens with zero attached hydrogens (tertiary/aromatic N) is 3. The molecule has 0 saturated heterocycles. The zero-order valence-electron chi connectivity index (χ0n) is 8.42. The Morgan fingerprint density at radius 3 is 2.81 bits per heavy atom. The molecule has 84 valence electrons. The highest BCUT2D eigenvalue weighted by atomic mass is 35.5. The topological polar surface area (TPSA) is 85.9 Å². The molecule has 2 N–H and O–H groups in total. The Morgan fingerprint density at radius 2 is 2.19 bits per heavy atom. The van der Waals surface area contributed by atoms with E-state index in [-0.39, 0.29) is 18.1 Å². The van der Waals surface area contributed by atoms with Crippen LogP contribution in [0.5, 0.6) is 0 Å². The van der Waals surface area contributed by atoms with Gasteiger partial charge >= 0.3 is 0 Å². The van der Waals surface area contributed by atoms with Crippen LogP contribution in [0.3, 0.4) is 0 Å². The van der Waals surface area contributed by atoms with Gasteiger partial charge < -0.3 is 18.1 Å². The molecule has 16 heavy (non-hydrogen) atoms. The van der Waals surface area contributed by atoms with E-state index in [9.17, 15) is 10.1 Å². The number of nitro groups is 1. The third kappa shape index (κ3) is 1.87. The number of hydrogen-bond acceptors (Lipinski definition) is 4. The van der Waals surface area contributed by atoms with Crippen molar-refractivity contribution < 1.29 is 22.0 Å². The second kappa shape index (κ2) is 4.28. The van der Waals surface area contributed by atoms with Crippen molar-refractivity contribution in [3.05, 3.63) is 34.5 Å². The number of nitro benzene ring substituents is 1. The number of non-ortho nitro benzene ring substituents is 1. The molecule has 1 heterocycles. The minimum Gasteiger partial charge on any atom is -1.00 e. The van der Waals surface area contributed by atoms with E-state index in [4.69, 9.17) is 5.73 Å². The molecule has 0 bridgehead atoms. The number of aryl methyl sites for hydroxylation is 1. The zero-order chi connectivity index (χ0) is 11.0. The first-order valence-electron chi connectivity index (χ1n) is 4.28. The maximum atomic E-state index is 10.6. The summed E-state index contributed by atoms with van der Waals surface area (Å²) in [5.74, 6) is 0. The number of nitrogen functional groups attached to an aromatic ring is 1. The first-order chi connectivity index (χ1) is 7.09. The minimum atomic E-state index is -0.445. The van der Waals surface area contributed by atoms with Crippen molar-refractivity contribution in [3.8, 4) is 0 Å². The summed E-state index contributed by atoms with van der Waals surface area (Å²) in [5.41, 5.74) is 6.93. The van der Waals surface area contributed by atoms with Crippen LogP contribution in [0.1, 0.15) is 0 Å². The van der Waals surface area contributed by atoms with Gasteiger partial charge in [-0.1, -0.05) is 4.68 Å². The third-order valence-corrected chi connectivity index (χ3v) is 2.22. The van der Waals surface area contributed by atoms with Crippen molar-refractivity contribution >= 4 is 22.3 Å². The van der Waals surface area contributed by atoms with Crippen LogP contribution >= 0.6 is 0 Å². The molecule has 0 aliphatic rings. The van der Waals surface area contributed by atoms with Gasteiger partial charge in [-0.2, -0.15) is 0 Å². The van der Waals surface area contributed by atoms with Crippen LogP contribution in [0, 0.1) is 10.1 Å². The lowest BCUT2D eigenvalue weighted by Gasteiger charge is -1.98. The van der Waals surface area contributed by atoms with E-state index in [2.05, 4.69) is 5.10 Å². The molecule has 0 atom stereocenters. The van der Waals surface area contributed by atoms with E-state index in [1.54, 1.807) is 17.8 Å². The maximum Gasteiger partial charge on any atom is 0.270 e. The van der Waals surface area contributed by atoms with Gasteiger partial charge in [0.1, 0.15) is 6.20 Å². The molecule has 0 amide bonds. The summed E-state index contributed by atoms with van der Waals surface area (Å²) in [6.45, 7) is 0. The summed E-state index contributed by atoms with van der Waals surface area (Å²) in [4.78, 5) is 10.1. The monoisotopic (exact) mass is 240 g/mol. The summed E-state index contributed by atoms with van der Waals surface area (Å²) < 4.78 is 1.62. The second-order valence-corrected chi connectivity index (χ2v) is 3.18. The Hall–Kier alpha value is -1.95. The maximum absolute atomic E-state index is 10.6. The molecule has 0 unspecified atom stereocenters. The highest BCUT2D eigenvalue weighted by molar-refractivity contribution is 5.88. The minimum absolute atomic E-state index is 0. The smallest absolute Gasteiger partial charge is 0.270 e. The summed E-state index contributed by atoms with van der Waals surface area (Å²) in [6, 6.07) is 4.52. The largest absolute Gasteiger partial charge is 1.00 e. The van der Waals surface area contributed by atoms with Crippen molar-refractivity contribution in [1.29, 1.82) is 0 Å². The van der Waals surface area contributed by atoms with E-state index < -0.39 is 4.92 Å². The van der Waals surface area contributed by atoms with Crippen LogP contribution in [-0.2, 0) is 7.05 Å². The Balaban J connectivity index is 0.00000128. The van der Waals surface area contributed by atoms with Crippen molar-refractivity contribution in [2.24, 2.45) is 7.05 Å². The Morgan fingerprint density at radius 1 is 1.50 bits per heavy atom. The van der Waals surface area contributed by atoms with Crippen LogP contribution in [0.15, 0.2) is 24.4 Å². The van der Waals surface area contributed by atoms with Crippen molar-refractivity contribution in [3.63, 3.8) is 0 Å². The summed E-state index contributed by atoms with van der Waals surface area (Å²) >= 11 is 0. The van der Waals surface area contributed by atoms with Gasteiger partial charge in [-0.05, 0) is 5.10 Å². The number of nitrogens with two attached hydrogens (primary N) is 1. The van der Waals surface area contributed by atoms with Gasteiger partial charge in [0, 0.05) is 18.2 Å². The third-order valence-electron chi connectivity index (χ3n) is 2.22. The van der Waals surface area contributed by atoms with Crippen LogP contribution in [0.25, 0.3) is 10.9 Å². The average molecular weight is 241 g/mol. The molecular formula is C9H9ClN4O2. The van der Waals surface area contributed by atoms with E-state index in [0.29, 0.717) is 11.1 Å². The molecule has 0 aliphatic heterocycles. The molecule has 0 fully saturated rings. The normalized spacial score (nSPS) is 9.81. The molecule has 2 aromatic rings. The van der Waals surface area contributed by atoms with Gasteiger partial charge in [0.25, 0.3) is 5.69 Å². The molecule has 1 aromatic heterocycles. The fraction of sp³-hybridized carbons (Fsp3) is 0.111. The number of benzene rings is 1. The Kier molecular flexibility index (Phi) is 3.24. The predicted molar refractivity (Wildman–Crippen MR) is 54.0 cm³/mol. The molecular weight excluding hydrogens is 232 g/mol. The van der Waals surface area contributed by atoms with Crippen LogP contribution in [-0.4, -0.2) is 10.0 Å². The zero-order valence-corrected chi connectivity index (χ0v) is 9.18. The number of halogens is 1. The van der Waals surface area contributed by atoms with Gasteiger partial charge in [-0.25, -0.2) is 0 Å². The van der Waals surface area contributed by atoms with Gasteiger partial charge in [-0.3, -0.25) is 10.1 Å². The number of anilines is 1. The lowest BCUT2D eigenvalue weighted by molar-refractivity contribution is -0.705. The standard InChI is InChI=1S/C9H8N4O2.ClH/c1-12-9-3-2-6(13(14)15)4-7(9)8(10)5-11-12;/h2-5,10H,1H3;1H. The lowest BCUT2D eigenvalue weighted by atomic mass is 10.2. The van der Waals surface area contributed by atoms with Gasteiger partial charge in [0.2, 0.25) is 5.52 Å². The van der Waals surface area contributed by atoms with E-state index >= 15 is 0 Å². The van der Waals surface area contributed by atoms with E-state index in [1.165, 1.54) is 18.3 Å². The van der Waals surface area contributed by atoms with Crippen molar-refractivity contribution in [2.75, 3.05) is 5.73 Å². The first-order valence-corrected chi connectivity index (χ1v) is 4.28. The first kappa shape index (κ1) is 12.1. The van der Waals surface area contributed by atoms with Crippen LogP contribution in [0.2, 0.25) is 0 Å². The molecule has 0 aliphatic carbocycles. The van der Waals surface area contributed by atoms with Gasteiger partial charge in [-0.15, -0.1) is 0 Å². The molecule has 1 aromatic carbocycles. The van der Waals surface area contributed by atoms with E-state index in [0.717, 1.165) is 5.52 Å². The molecule has 0 spiro atoms. The number of rotatable bonds is 1. The Labute approximate surface area is 97.2 Å². The molecule has 7 heteroatoms. The second-order valence-electron chi connectivity index (χ2n) is 3.18. The fourth-order valence-electron chi connectivity index (χ4n) is 1.43. The number of aromatic nitrogens is 2. The van der Waals surface area contributed by atoms with Crippen LogP contribution in [0.4, 0.5) is 11.4 Å². The average Bonchev–Trinajstić information content (AvgIpc) is 2.23. The predicted octanol–water partition coefficient (Wildman–Crippen LogP) is -2.45. The highest BCUT2D eigenvalue weighted by Crippen LogP contribution is 2.21. The molecule has 0 saturated carbocycles. The number of fused-ring (bicyclic) bond motifs is 1. The van der Waals surface area contributed by atoms with Gasteiger partial charge in [0.05, 0.1) is 16.0 Å². The van der Waals surface area contributed by atoms with E-state index in [1.807, 2.05) is 0 Å². The molecule has 6 nitrogen and oxygen atoms in total. The summed E-state index contributed by atoms with van der Waals surface area (Å²) in [5, 5.41) is 15.2. The SMILES string of the molecule is C[n+]1ncc(N)c2cc([N+](=O)[O-])ccc21.[Cl-]. The highest BCUT2D eigenvalue weighted by Gasteiger charge is 2.14. The number of hydrogen-bond donors (Lipinski definition) is 1. The van der Waals surface area contributed by atoms with Crippen molar-refractivity contribution in [1.82, 2.24) is 5.10 Å². The summed E-state index contributed by atoms with van der Waals surface area (Å²) in [7, 11) is 1.76. The fourth-order valence-corrected chi connectivity index (χ4v) is 1.43. The summed E-state index contributed by atoms with van der Waals surface area (Å²) in [6.07, 6.45) is 1.48. The van der Waals surface area contributed by atoms with Gasteiger partial charge in [0.15, 0.2) is 7.05 Å². The Bertz CT molecular complexity index is 558. The molecule has 0 radical (unpaired) electrons. The quantitative estimate of drug-likeness (QED) is 0.341. The lowest BCUT2D eigenvalue weighted by Crippen LogP contribution is -3.00. The van der Waals surface area contributed by atoms with Crippen LogP contribution < -0.4 is 22.8 Å². The molecule has 2 rings (SSSR count).